The van der Waals surface area contributed by atoms with E-state index < -0.39 is 5.97 Å². The molecule has 0 aliphatic carbocycles. The fourth-order valence-corrected chi connectivity index (χ4v) is 2.80. The van der Waals surface area contributed by atoms with Crippen LogP contribution in [0.3, 0.4) is 0 Å². The van der Waals surface area contributed by atoms with Gasteiger partial charge in [0.15, 0.2) is 11.5 Å². The van der Waals surface area contributed by atoms with Crippen molar-refractivity contribution in [2.45, 2.75) is 0 Å². The van der Waals surface area contributed by atoms with Crippen LogP contribution in [-0.4, -0.2) is 71.3 Å². The van der Waals surface area contributed by atoms with Gasteiger partial charge in [0.05, 0.1) is 7.11 Å². The minimum absolute atomic E-state index is 0.171. The lowest BCUT2D eigenvalue weighted by atomic mass is 10.3. The van der Waals surface area contributed by atoms with Crippen molar-refractivity contribution in [3.8, 4) is 0 Å². The Morgan fingerprint density at radius 2 is 2.00 bits per heavy atom. The van der Waals surface area contributed by atoms with Gasteiger partial charge in [0.1, 0.15) is 12.1 Å². The SMILES string of the molecule is COC(=O)CNC(=O)N1CCN(c2nc3cccnc3n(C)c2=O)CC1. The highest BCUT2D eigenvalue weighted by Crippen LogP contribution is 2.13. The van der Waals surface area contributed by atoms with Crippen LogP contribution in [0.5, 0.6) is 0 Å². The number of pyridine rings is 1. The first-order valence-electron chi connectivity index (χ1n) is 8.17. The zero-order valence-electron chi connectivity index (χ0n) is 14.6. The molecule has 0 unspecified atom stereocenters. The highest BCUT2D eigenvalue weighted by Gasteiger charge is 2.24. The van der Waals surface area contributed by atoms with Gasteiger partial charge in [0, 0.05) is 39.4 Å². The number of nitrogens with zero attached hydrogens (tertiary/aromatic N) is 5. The Morgan fingerprint density at radius 3 is 2.69 bits per heavy atom. The number of hydrogen-bond donors (Lipinski definition) is 1. The van der Waals surface area contributed by atoms with E-state index in [9.17, 15) is 14.4 Å². The topological polar surface area (TPSA) is 110 Å². The summed E-state index contributed by atoms with van der Waals surface area (Å²) in [6.07, 6.45) is 1.62. The maximum Gasteiger partial charge on any atom is 0.325 e. The van der Waals surface area contributed by atoms with E-state index in [4.69, 9.17) is 0 Å². The number of urea groups is 1. The molecule has 2 aromatic rings. The molecule has 0 atom stereocenters. The molecule has 3 heterocycles. The molecule has 10 heteroatoms. The lowest BCUT2D eigenvalue weighted by Crippen LogP contribution is -2.53. The van der Waals surface area contributed by atoms with E-state index in [0.717, 1.165) is 0 Å². The first-order chi connectivity index (χ1) is 12.5. The van der Waals surface area contributed by atoms with E-state index in [-0.39, 0.29) is 18.1 Å². The van der Waals surface area contributed by atoms with Crippen LogP contribution in [0.1, 0.15) is 0 Å². The monoisotopic (exact) mass is 360 g/mol. The molecular formula is C16H20N6O4. The van der Waals surface area contributed by atoms with Gasteiger partial charge in [-0.1, -0.05) is 0 Å². The van der Waals surface area contributed by atoms with Crippen molar-refractivity contribution in [3.05, 3.63) is 28.7 Å². The molecule has 0 aromatic carbocycles. The summed E-state index contributed by atoms with van der Waals surface area (Å²) in [5.41, 5.74) is 0.949. The number of ether oxygens (including phenoxy) is 1. The molecule has 3 rings (SSSR count). The molecule has 0 saturated carbocycles. The number of carbonyl (C=O) groups excluding carboxylic acids is 2. The standard InChI is InChI=1S/C16H20N6O4/c1-20-13-11(4-3-5-17-13)19-14(15(20)24)21-6-8-22(9-7-21)16(25)18-10-12(23)26-2/h3-5H,6-10H2,1-2H3,(H,18,25). The molecule has 10 nitrogen and oxygen atoms in total. The van der Waals surface area contributed by atoms with Gasteiger partial charge >= 0.3 is 12.0 Å². The first-order valence-corrected chi connectivity index (χ1v) is 8.17. The second kappa shape index (κ2) is 7.38. The number of anilines is 1. The van der Waals surface area contributed by atoms with Crippen molar-refractivity contribution in [2.24, 2.45) is 7.05 Å². The molecule has 1 saturated heterocycles. The lowest BCUT2D eigenvalue weighted by molar-refractivity contribution is -0.139. The summed E-state index contributed by atoms with van der Waals surface area (Å²) in [5, 5.41) is 2.51. The summed E-state index contributed by atoms with van der Waals surface area (Å²) < 4.78 is 5.97. The first kappa shape index (κ1) is 17.6. The molecule has 2 amide bonds. The van der Waals surface area contributed by atoms with Gasteiger partial charge < -0.3 is 19.9 Å². The molecule has 26 heavy (non-hydrogen) atoms. The van der Waals surface area contributed by atoms with E-state index in [1.165, 1.54) is 11.7 Å². The molecule has 1 aliphatic rings. The van der Waals surface area contributed by atoms with Crippen LogP contribution >= 0.6 is 0 Å². The minimum Gasteiger partial charge on any atom is -0.468 e. The number of esters is 1. The van der Waals surface area contributed by atoms with Gasteiger partial charge in [-0.3, -0.25) is 14.2 Å². The number of hydrogen-bond acceptors (Lipinski definition) is 7. The molecule has 0 radical (unpaired) electrons. The zero-order chi connectivity index (χ0) is 18.7. The number of aromatic nitrogens is 3. The van der Waals surface area contributed by atoms with Gasteiger partial charge in [-0.05, 0) is 12.1 Å². The number of rotatable bonds is 3. The zero-order valence-corrected chi connectivity index (χ0v) is 14.6. The predicted octanol–water partition coefficient (Wildman–Crippen LogP) is -0.667. The number of carbonyl (C=O) groups is 2. The summed E-state index contributed by atoms with van der Waals surface area (Å²) in [6.45, 7) is 1.61. The lowest BCUT2D eigenvalue weighted by Gasteiger charge is -2.35. The fraction of sp³-hybridized carbons (Fsp3) is 0.438. The smallest absolute Gasteiger partial charge is 0.325 e. The Kier molecular flexibility index (Phi) is 5.01. The van der Waals surface area contributed by atoms with Gasteiger partial charge in [-0.25, -0.2) is 14.8 Å². The Hall–Kier alpha value is -3.17. The second-order valence-corrected chi connectivity index (χ2v) is 5.85. The second-order valence-electron chi connectivity index (χ2n) is 5.85. The molecule has 0 bridgehead atoms. The van der Waals surface area contributed by atoms with Crippen molar-refractivity contribution < 1.29 is 14.3 Å². The molecule has 0 spiro atoms. The fourth-order valence-electron chi connectivity index (χ4n) is 2.80. The van der Waals surface area contributed by atoms with Gasteiger partial charge in [-0.2, -0.15) is 0 Å². The Bertz CT molecular complexity index is 888. The van der Waals surface area contributed by atoms with E-state index in [0.29, 0.717) is 43.2 Å². The number of methoxy groups -OCH3 is 1. The molecule has 1 aliphatic heterocycles. The van der Waals surface area contributed by atoms with Crippen molar-refractivity contribution >= 4 is 29.0 Å². The van der Waals surface area contributed by atoms with Crippen LogP contribution in [0.2, 0.25) is 0 Å². The number of piperazine rings is 1. The third kappa shape index (κ3) is 3.44. The predicted molar refractivity (Wildman–Crippen MR) is 94.0 cm³/mol. The van der Waals surface area contributed by atoms with Crippen LogP contribution in [-0.2, 0) is 16.6 Å². The average Bonchev–Trinajstić information content (AvgIpc) is 2.68. The number of nitrogens with one attached hydrogen (secondary N) is 1. The highest BCUT2D eigenvalue weighted by molar-refractivity contribution is 5.81. The van der Waals surface area contributed by atoms with E-state index in [1.807, 2.05) is 11.0 Å². The van der Waals surface area contributed by atoms with Crippen LogP contribution in [0.15, 0.2) is 23.1 Å². The Labute approximate surface area is 149 Å². The van der Waals surface area contributed by atoms with Crippen LogP contribution in [0, 0.1) is 0 Å². The summed E-state index contributed by atoms with van der Waals surface area (Å²) in [6, 6.07) is 3.24. The van der Waals surface area contributed by atoms with Crippen molar-refractivity contribution in [3.63, 3.8) is 0 Å². The van der Waals surface area contributed by atoms with Crippen LogP contribution < -0.4 is 15.8 Å². The number of aryl methyl sites for hydroxylation is 1. The van der Waals surface area contributed by atoms with Crippen molar-refractivity contribution in [2.75, 3.05) is 44.7 Å². The molecule has 2 aromatic heterocycles. The van der Waals surface area contributed by atoms with E-state index in [1.54, 1.807) is 24.2 Å². The maximum atomic E-state index is 12.6. The van der Waals surface area contributed by atoms with Gasteiger partial charge in [0.25, 0.3) is 5.56 Å². The quantitative estimate of drug-likeness (QED) is 0.723. The number of amides is 2. The Morgan fingerprint density at radius 1 is 1.27 bits per heavy atom. The molecule has 1 fully saturated rings. The van der Waals surface area contributed by atoms with Crippen LogP contribution in [0.25, 0.3) is 11.2 Å². The van der Waals surface area contributed by atoms with Crippen molar-refractivity contribution in [1.29, 1.82) is 0 Å². The van der Waals surface area contributed by atoms with E-state index >= 15 is 0 Å². The summed E-state index contributed by atoms with van der Waals surface area (Å²) in [5.74, 6) is -0.155. The summed E-state index contributed by atoms with van der Waals surface area (Å²) in [4.78, 5) is 47.8. The summed E-state index contributed by atoms with van der Waals surface area (Å²) in [7, 11) is 2.93. The van der Waals surface area contributed by atoms with E-state index in [2.05, 4.69) is 20.0 Å². The number of fused-ring (bicyclic) bond motifs is 1. The average molecular weight is 360 g/mol. The van der Waals surface area contributed by atoms with Crippen molar-refractivity contribution in [1.82, 2.24) is 24.8 Å². The molecule has 1 N–H and O–H groups in total. The minimum atomic E-state index is -0.505. The third-order valence-corrected chi connectivity index (χ3v) is 4.28. The Balaban J connectivity index is 1.70. The summed E-state index contributed by atoms with van der Waals surface area (Å²) >= 11 is 0. The molecule has 138 valence electrons. The largest absolute Gasteiger partial charge is 0.468 e. The third-order valence-electron chi connectivity index (χ3n) is 4.28. The van der Waals surface area contributed by atoms with Gasteiger partial charge in [-0.15, -0.1) is 0 Å². The highest BCUT2D eigenvalue weighted by atomic mass is 16.5. The van der Waals surface area contributed by atoms with Gasteiger partial charge in [0.2, 0.25) is 0 Å². The maximum absolute atomic E-state index is 12.6. The van der Waals surface area contributed by atoms with Crippen LogP contribution in [0.4, 0.5) is 10.6 Å². The normalized spacial score (nSPS) is 14.4. The molecular weight excluding hydrogens is 340 g/mol.